The molecule has 19 heteroatoms. The largest absolute Gasteiger partial charge is 0.497 e. The maximum Gasteiger partial charge on any atom is 0.275 e. The summed E-state index contributed by atoms with van der Waals surface area (Å²) < 4.78 is 21.6. The first-order valence-electron chi connectivity index (χ1n) is 25.2. The van der Waals surface area contributed by atoms with Crippen LogP contribution in [0.3, 0.4) is 0 Å². The van der Waals surface area contributed by atoms with E-state index in [1.54, 1.807) is 32.5 Å². The average molecular weight is 1070 g/mol. The van der Waals surface area contributed by atoms with Crippen LogP contribution in [-0.2, 0) is 0 Å². The molecule has 6 N–H and O–H groups in total. The van der Waals surface area contributed by atoms with Crippen molar-refractivity contribution in [1.82, 2.24) is 36.0 Å². The van der Waals surface area contributed by atoms with Gasteiger partial charge in [-0.25, -0.2) is 4.98 Å². The van der Waals surface area contributed by atoms with Gasteiger partial charge in [0.05, 0.1) is 61.4 Å². The second-order valence-corrected chi connectivity index (χ2v) is 19.4. The highest BCUT2D eigenvalue weighted by atomic mass is 35.5. The smallest absolute Gasteiger partial charge is 0.275 e. The number of H-pyrrole nitrogens is 2. The molecule has 76 heavy (non-hydrogen) atoms. The van der Waals surface area contributed by atoms with Crippen LogP contribution >= 0.6 is 23.2 Å². The number of aromatic amines is 2. The van der Waals surface area contributed by atoms with E-state index in [2.05, 4.69) is 84.1 Å². The number of aromatic nitrogens is 5. The first kappa shape index (κ1) is 54.7. The molecule has 2 aliphatic rings. The molecule has 2 fully saturated rings. The zero-order chi connectivity index (χ0) is 54.2. The van der Waals surface area contributed by atoms with Gasteiger partial charge in [-0.2, -0.15) is 10.2 Å². The van der Waals surface area contributed by atoms with Gasteiger partial charge in [-0.3, -0.25) is 19.8 Å². The molecular weight excluding hydrogens is 1010 g/mol. The summed E-state index contributed by atoms with van der Waals surface area (Å²) in [6.07, 6.45) is 1.74. The van der Waals surface area contributed by atoms with Gasteiger partial charge in [-0.15, -0.1) is 0 Å². The van der Waals surface area contributed by atoms with Gasteiger partial charge in [0.25, 0.3) is 11.8 Å². The molecule has 3 aromatic heterocycles. The summed E-state index contributed by atoms with van der Waals surface area (Å²) in [5.41, 5.74) is 7.77. The third kappa shape index (κ3) is 12.2. The first-order chi connectivity index (χ1) is 36.7. The summed E-state index contributed by atoms with van der Waals surface area (Å²) in [6, 6.07) is 31.9. The Morgan fingerprint density at radius 3 is 1.51 bits per heavy atom. The lowest BCUT2D eigenvalue weighted by Gasteiger charge is -2.37. The molecule has 0 radical (unpaired) electrons. The molecule has 17 nitrogen and oxygen atoms in total. The Hall–Kier alpha value is -7.57. The lowest BCUT2D eigenvalue weighted by molar-refractivity contribution is 0.101. The van der Waals surface area contributed by atoms with Crippen LogP contribution in [0.5, 0.6) is 23.0 Å². The van der Waals surface area contributed by atoms with Crippen LogP contribution in [0, 0.1) is 0 Å². The van der Waals surface area contributed by atoms with Crippen molar-refractivity contribution in [1.29, 1.82) is 0 Å². The third-order valence-corrected chi connectivity index (χ3v) is 13.8. The number of methoxy groups -OCH3 is 4. The molecule has 10 rings (SSSR count). The Bertz CT molecular complexity index is 3240. The number of carbonyl (C=O) groups is 2. The second kappa shape index (κ2) is 24.4. The van der Waals surface area contributed by atoms with Crippen molar-refractivity contribution in [2.24, 2.45) is 0 Å². The molecule has 0 aliphatic carbocycles. The quantitative estimate of drug-likeness (QED) is 0.0677. The highest BCUT2D eigenvalue weighted by Gasteiger charge is 2.25. The minimum absolute atomic E-state index is 0.196. The number of nitrogens with zero attached hydrogens (tertiary/aromatic N) is 5. The van der Waals surface area contributed by atoms with Gasteiger partial charge in [0.1, 0.15) is 28.7 Å². The highest BCUT2D eigenvalue weighted by molar-refractivity contribution is 6.41. The predicted octanol–water partition coefficient (Wildman–Crippen LogP) is 11.1. The van der Waals surface area contributed by atoms with Crippen molar-refractivity contribution in [3.8, 4) is 45.3 Å². The Balaban J connectivity index is 0.000000195. The van der Waals surface area contributed by atoms with E-state index in [0.29, 0.717) is 91.2 Å². The number of ether oxygens (including phenoxy) is 4. The second-order valence-electron chi connectivity index (χ2n) is 18.7. The third-order valence-electron chi connectivity index (χ3n) is 13.1. The van der Waals surface area contributed by atoms with Crippen molar-refractivity contribution in [2.45, 2.75) is 65.7 Å². The van der Waals surface area contributed by atoms with E-state index in [1.807, 2.05) is 98.8 Å². The molecule has 2 saturated heterocycles. The summed E-state index contributed by atoms with van der Waals surface area (Å²) in [4.78, 5) is 34.9. The molecule has 398 valence electrons. The number of fused-ring (bicyclic) bond motifs is 2. The number of carbonyl (C=O) groups excluding carboxylic acids is 2. The van der Waals surface area contributed by atoms with E-state index in [0.717, 1.165) is 70.5 Å². The lowest BCUT2D eigenvalue weighted by atomic mass is 10.0. The number of halogens is 2. The molecule has 5 aromatic carbocycles. The first-order valence-corrected chi connectivity index (χ1v) is 26.0. The van der Waals surface area contributed by atoms with Crippen LogP contribution in [0.25, 0.3) is 44.1 Å². The molecule has 0 saturated carbocycles. The van der Waals surface area contributed by atoms with Gasteiger partial charge < -0.3 is 50.0 Å². The Morgan fingerprint density at radius 1 is 0.553 bits per heavy atom. The average Bonchev–Trinajstić information content (AvgIpc) is 4.06. The molecule has 0 spiro atoms. The molecular formula is C57H65Cl2N11O6. The number of nitrogens with one attached hydrogen (secondary N) is 6. The van der Waals surface area contributed by atoms with Gasteiger partial charge >= 0.3 is 0 Å². The topological polar surface area (TPSA) is 196 Å². The number of hydrogen-bond acceptors (Lipinski definition) is 13. The highest BCUT2D eigenvalue weighted by Crippen LogP contribution is 2.46. The van der Waals surface area contributed by atoms with E-state index in [-0.39, 0.29) is 11.8 Å². The number of rotatable bonds is 12. The number of hydrogen-bond donors (Lipinski definition) is 6. The van der Waals surface area contributed by atoms with E-state index in [4.69, 9.17) is 42.1 Å². The van der Waals surface area contributed by atoms with Gasteiger partial charge in [0.2, 0.25) is 0 Å². The SMILES string of the molecule is CC.COc1cc(OC)c(Cl)c(-c2ccc3c(NC(=O)c4ccc(N5CC(C)NC(C)C5)cn4)n[nH]c3c2)c1Cl.COc1cc(OC)cc(-c2ccc3c(NC(=O)c4ccc(N5CC(C)NC(C)C5)cc4)n[nH]c3c2)c1. The van der Waals surface area contributed by atoms with Crippen molar-refractivity contribution in [3.63, 3.8) is 0 Å². The number of pyridine rings is 1. The van der Waals surface area contributed by atoms with Crippen LogP contribution in [0.2, 0.25) is 10.0 Å². The summed E-state index contributed by atoms with van der Waals surface area (Å²) in [5.74, 6) is 2.67. The van der Waals surface area contributed by atoms with E-state index < -0.39 is 0 Å². The van der Waals surface area contributed by atoms with Crippen molar-refractivity contribution >= 4 is 79.8 Å². The summed E-state index contributed by atoms with van der Waals surface area (Å²) in [7, 11) is 6.32. The number of piperazine rings is 2. The summed E-state index contributed by atoms with van der Waals surface area (Å²) in [6.45, 7) is 16.4. The van der Waals surface area contributed by atoms with Crippen LogP contribution in [0.15, 0.2) is 103 Å². The Labute approximate surface area is 452 Å². The molecule has 2 aliphatic heterocycles. The van der Waals surface area contributed by atoms with Crippen molar-refractivity contribution < 1.29 is 28.5 Å². The van der Waals surface area contributed by atoms with Crippen molar-refractivity contribution in [3.05, 3.63) is 125 Å². The standard InChI is InChI=1S/C28H31N5O3.C27H28Cl2N6O3.C2H6/c1-17-15-33(16-18(2)29-17)22-8-5-19(6-9-22)28(34)30-27-25-10-7-20(13-26(25)31-32-27)21-11-23(35-3)14-24(12-21)36-4;1-14-12-35(13-15(2)31-14)17-6-8-19(30-11-17)27(36)32-26-18-7-5-16(9-20(18)33-34-26)23-24(28)21(37-3)10-22(38-4)25(23)29;1-2/h5-14,17-18,29H,15-16H2,1-4H3,(H2,30,31,32,34);5-11,14-15,31H,12-13H2,1-4H3,(H2,32,33,34,36);1-2H3. The van der Waals surface area contributed by atoms with E-state index >= 15 is 0 Å². The van der Waals surface area contributed by atoms with Gasteiger partial charge in [-0.05, 0) is 117 Å². The fourth-order valence-corrected chi connectivity index (χ4v) is 10.4. The molecule has 0 bridgehead atoms. The van der Waals surface area contributed by atoms with Crippen LogP contribution < -0.4 is 50.0 Å². The Morgan fingerprint density at radius 2 is 1.03 bits per heavy atom. The van der Waals surface area contributed by atoms with E-state index in [1.165, 1.54) is 14.2 Å². The van der Waals surface area contributed by atoms with Crippen LogP contribution in [0.1, 0.15) is 62.4 Å². The minimum atomic E-state index is -0.348. The summed E-state index contributed by atoms with van der Waals surface area (Å²) in [5, 5.41) is 29.8. The molecule has 4 atom stereocenters. The lowest BCUT2D eigenvalue weighted by Crippen LogP contribution is -2.54. The van der Waals surface area contributed by atoms with Gasteiger partial charge in [0.15, 0.2) is 11.6 Å². The summed E-state index contributed by atoms with van der Waals surface area (Å²) >= 11 is 13.2. The van der Waals surface area contributed by atoms with Crippen LogP contribution in [-0.4, -0.2) is 116 Å². The van der Waals surface area contributed by atoms with Gasteiger partial charge in [-0.1, -0.05) is 49.2 Å². The number of anilines is 4. The molecule has 8 aromatic rings. The Kier molecular flexibility index (Phi) is 17.6. The molecule has 5 heterocycles. The van der Waals surface area contributed by atoms with Crippen molar-refractivity contribution in [2.75, 3.05) is 75.1 Å². The zero-order valence-electron chi connectivity index (χ0n) is 44.4. The molecule has 2 amide bonds. The normalized spacial score (nSPS) is 17.2. The zero-order valence-corrected chi connectivity index (χ0v) is 45.9. The van der Waals surface area contributed by atoms with Gasteiger partial charge in [0, 0.05) is 90.1 Å². The maximum atomic E-state index is 13.0. The fourth-order valence-electron chi connectivity index (χ4n) is 9.64. The predicted molar refractivity (Wildman–Crippen MR) is 306 cm³/mol. The monoisotopic (exact) mass is 1070 g/mol. The fraction of sp³-hybridized carbons (Fsp3) is 0.316. The maximum absolute atomic E-state index is 13.0. The number of amides is 2. The van der Waals surface area contributed by atoms with Crippen LogP contribution in [0.4, 0.5) is 23.0 Å². The van der Waals surface area contributed by atoms with E-state index in [9.17, 15) is 9.59 Å². The number of benzene rings is 5. The molecule has 4 unspecified atom stereocenters. The minimum Gasteiger partial charge on any atom is -0.497 e.